The second-order valence-corrected chi connectivity index (χ2v) is 7.05. The molecule has 0 radical (unpaired) electrons. The molecule has 27 heavy (non-hydrogen) atoms. The molecule has 0 unspecified atom stereocenters. The van der Waals surface area contributed by atoms with E-state index in [-0.39, 0.29) is 5.41 Å². The smallest absolute Gasteiger partial charge is 0.245 e. The van der Waals surface area contributed by atoms with Crippen molar-refractivity contribution in [2.75, 3.05) is 0 Å². The summed E-state index contributed by atoms with van der Waals surface area (Å²) in [5.74, 6) is 0.974. The number of rotatable bonds is 7. The van der Waals surface area contributed by atoms with Crippen LogP contribution in [-0.2, 0) is 5.41 Å². The second-order valence-electron chi connectivity index (χ2n) is 7.05. The van der Waals surface area contributed by atoms with E-state index >= 15 is 0 Å². The molecule has 0 aromatic heterocycles. The van der Waals surface area contributed by atoms with Crippen LogP contribution in [0.2, 0.25) is 0 Å². The summed E-state index contributed by atoms with van der Waals surface area (Å²) >= 11 is 0. The van der Waals surface area contributed by atoms with Gasteiger partial charge in [-0.3, -0.25) is 0 Å². The summed E-state index contributed by atoms with van der Waals surface area (Å²) in [7, 11) is 0. The van der Waals surface area contributed by atoms with E-state index in [4.69, 9.17) is 4.74 Å². The zero-order valence-electron chi connectivity index (χ0n) is 17.1. The van der Waals surface area contributed by atoms with E-state index in [1.54, 1.807) is 0 Å². The number of benzene rings is 1. The highest BCUT2D eigenvalue weighted by Crippen LogP contribution is 2.24. The normalized spacial score (nSPS) is 13.2. The van der Waals surface area contributed by atoms with Crippen molar-refractivity contribution in [3.63, 3.8) is 0 Å². The van der Waals surface area contributed by atoms with Crippen LogP contribution in [0.25, 0.3) is 0 Å². The van der Waals surface area contributed by atoms with Gasteiger partial charge >= 0.3 is 0 Å². The predicted molar refractivity (Wildman–Crippen MR) is 119 cm³/mol. The van der Waals surface area contributed by atoms with Crippen LogP contribution < -0.4 is 4.74 Å². The third-order valence-electron chi connectivity index (χ3n) is 3.88. The summed E-state index contributed by atoms with van der Waals surface area (Å²) in [4.78, 5) is 0. The van der Waals surface area contributed by atoms with E-state index in [0.717, 1.165) is 11.1 Å². The van der Waals surface area contributed by atoms with Gasteiger partial charge in [0, 0.05) is 12.3 Å². The summed E-state index contributed by atoms with van der Waals surface area (Å²) in [6.07, 6.45) is 9.65. The molecule has 0 bridgehead atoms. The Morgan fingerprint density at radius 2 is 1.59 bits per heavy atom. The molecule has 1 aromatic rings. The molecule has 0 fully saturated rings. The number of hydrogen-bond acceptors (Lipinski definition) is 3. The number of nitrogens with zero attached hydrogens (tertiary/aromatic N) is 2. The highest BCUT2D eigenvalue weighted by molar-refractivity contribution is 5.97. The molecular weight excluding hydrogens is 332 g/mol. The maximum Gasteiger partial charge on any atom is 0.245 e. The molecule has 0 saturated heterocycles. The standard InChI is InChI=1S/C24H30N2O/c1-9-11-18(3)20(10-2)13-12-19(4)23(26-25-8)27-22-16-14-21(15-17-22)24(5,6)7/h9-17H,3-4,8H2,1-2,5-7H3/b11-9-,13-12-,20-10+,26-23-. The van der Waals surface area contributed by atoms with Crippen molar-refractivity contribution in [1.29, 1.82) is 0 Å². The fraction of sp³-hybridized carbons (Fsp3) is 0.250. The van der Waals surface area contributed by atoms with E-state index in [1.807, 2.05) is 68.5 Å². The molecule has 0 spiro atoms. The predicted octanol–water partition coefficient (Wildman–Crippen LogP) is 6.57. The van der Waals surface area contributed by atoms with Crippen LogP contribution in [0.5, 0.6) is 5.75 Å². The van der Waals surface area contributed by atoms with Gasteiger partial charge in [-0.25, -0.2) is 0 Å². The van der Waals surface area contributed by atoms with Gasteiger partial charge in [-0.05, 0) is 54.2 Å². The van der Waals surface area contributed by atoms with Crippen LogP contribution in [0.1, 0.15) is 40.2 Å². The van der Waals surface area contributed by atoms with Gasteiger partial charge in [0.1, 0.15) is 5.75 Å². The topological polar surface area (TPSA) is 34.0 Å². The van der Waals surface area contributed by atoms with Crippen molar-refractivity contribution < 1.29 is 4.74 Å². The van der Waals surface area contributed by atoms with Crippen LogP contribution in [0, 0.1) is 0 Å². The molecule has 3 nitrogen and oxygen atoms in total. The quantitative estimate of drug-likeness (QED) is 0.234. The van der Waals surface area contributed by atoms with Crippen molar-refractivity contribution in [2.45, 2.75) is 40.0 Å². The Kier molecular flexibility index (Phi) is 8.40. The first-order valence-electron chi connectivity index (χ1n) is 8.90. The minimum Gasteiger partial charge on any atom is -0.437 e. The maximum atomic E-state index is 5.87. The summed E-state index contributed by atoms with van der Waals surface area (Å²) in [5.41, 5.74) is 3.82. The first-order valence-corrected chi connectivity index (χ1v) is 8.90. The molecule has 142 valence electrons. The first-order chi connectivity index (χ1) is 12.7. The van der Waals surface area contributed by atoms with Gasteiger partial charge in [-0.2, -0.15) is 5.10 Å². The highest BCUT2D eigenvalue weighted by atomic mass is 16.5. The molecule has 0 aliphatic heterocycles. The highest BCUT2D eigenvalue weighted by Gasteiger charge is 2.14. The van der Waals surface area contributed by atoms with E-state index in [1.165, 1.54) is 5.56 Å². The molecular formula is C24H30N2O. The second kappa shape index (κ2) is 10.3. The molecule has 1 aromatic carbocycles. The van der Waals surface area contributed by atoms with Gasteiger partial charge in [0.2, 0.25) is 5.90 Å². The van der Waals surface area contributed by atoms with Crippen molar-refractivity contribution in [3.8, 4) is 5.75 Å². The fourth-order valence-corrected chi connectivity index (χ4v) is 2.30. The molecule has 1 rings (SSSR count). The summed E-state index contributed by atoms with van der Waals surface area (Å²) in [5, 5.41) is 7.57. The fourth-order valence-electron chi connectivity index (χ4n) is 2.30. The lowest BCUT2D eigenvalue weighted by Crippen LogP contribution is -2.12. The van der Waals surface area contributed by atoms with Crippen molar-refractivity contribution >= 4 is 12.6 Å². The van der Waals surface area contributed by atoms with Crippen LogP contribution in [0.15, 0.2) is 94.7 Å². The lowest BCUT2D eigenvalue weighted by atomic mass is 9.87. The average molecular weight is 363 g/mol. The number of allylic oxidation sites excluding steroid dienone is 6. The maximum absolute atomic E-state index is 5.87. The molecule has 0 amide bonds. The average Bonchev–Trinajstić information content (AvgIpc) is 2.61. The summed E-state index contributed by atoms with van der Waals surface area (Å²) in [6.45, 7) is 21.9. The third-order valence-corrected chi connectivity index (χ3v) is 3.88. The Morgan fingerprint density at radius 1 is 0.963 bits per heavy atom. The monoisotopic (exact) mass is 362 g/mol. The minimum atomic E-state index is 0.0860. The Hall–Kier alpha value is -2.94. The van der Waals surface area contributed by atoms with Gasteiger partial charge < -0.3 is 4.74 Å². The van der Waals surface area contributed by atoms with Gasteiger partial charge in [0.15, 0.2) is 0 Å². The van der Waals surface area contributed by atoms with Crippen molar-refractivity contribution in [3.05, 3.63) is 90.1 Å². The van der Waals surface area contributed by atoms with E-state index in [2.05, 4.69) is 50.8 Å². The van der Waals surface area contributed by atoms with E-state index < -0.39 is 0 Å². The van der Waals surface area contributed by atoms with Crippen LogP contribution >= 0.6 is 0 Å². The first kappa shape index (κ1) is 22.1. The Bertz CT molecular complexity index is 798. The molecule has 0 heterocycles. The van der Waals surface area contributed by atoms with Gasteiger partial charge in [0.05, 0.1) is 0 Å². The zero-order chi connectivity index (χ0) is 20.4. The zero-order valence-corrected chi connectivity index (χ0v) is 17.1. The molecule has 0 saturated carbocycles. The lowest BCUT2D eigenvalue weighted by Gasteiger charge is -2.19. The largest absolute Gasteiger partial charge is 0.437 e. The van der Waals surface area contributed by atoms with E-state index in [0.29, 0.717) is 17.2 Å². The Morgan fingerprint density at radius 3 is 2.07 bits per heavy atom. The number of ether oxygens (including phenoxy) is 1. The molecule has 0 N–H and O–H groups in total. The van der Waals surface area contributed by atoms with Gasteiger partial charge in [-0.1, -0.05) is 70.4 Å². The third kappa shape index (κ3) is 7.06. The lowest BCUT2D eigenvalue weighted by molar-refractivity contribution is 0.545. The van der Waals surface area contributed by atoms with Crippen molar-refractivity contribution in [2.24, 2.45) is 10.2 Å². The van der Waals surface area contributed by atoms with E-state index in [9.17, 15) is 0 Å². The molecule has 0 aliphatic rings. The molecule has 0 aliphatic carbocycles. The Labute approximate surface area is 163 Å². The van der Waals surface area contributed by atoms with Crippen molar-refractivity contribution in [1.82, 2.24) is 0 Å². The minimum absolute atomic E-state index is 0.0860. The van der Waals surface area contributed by atoms with Crippen LogP contribution in [0.3, 0.4) is 0 Å². The SMILES string of the molecule is C=N/N=C(\Oc1ccc(C(C)(C)C)cc1)C(=C)/C=C\C(=C/C)C(=C)/C=C\C. The van der Waals surface area contributed by atoms with Gasteiger partial charge in [-0.15, -0.1) is 5.10 Å². The Balaban J connectivity index is 2.97. The summed E-state index contributed by atoms with van der Waals surface area (Å²) in [6, 6.07) is 7.93. The molecule has 0 atom stereocenters. The molecule has 3 heteroatoms. The van der Waals surface area contributed by atoms with Crippen LogP contribution in [-0.4, -0.2) is 12.6 Å². The number of hydrogen-bond donors (Lipinski definition) is 0. The van der Waals surface area contributed by atoms with Gasteiger partial charge in [0.25, 0.3) is 0 Å². The summed E-state index contributed by atoms with van der Waals surface area (Å²) < 4.78 is 5.87. The van der Waals surface area contributed by atoms with Crippen LogP contribution in [0.4, 0.5) is 0 Å².